The lowest BCUT2D eigenvalue weighted by molar-refractivity contribution is -0.146. The molecule has 2 N–H and O–H groups in total. The molecular weight excluding hydrogens is 593 g/mol. The van der Waals surface area contributed by atoms with Crippen molar-refractivity contribution in [3.63, 3.8) is 0 Å². The van der Waals surface area contributed by atoms with E-state index < -0.39 is 54.2 Å². The van der Waals surface area contributed by atoms with E-state index in [0.29, 0.717) is 32.0 Å². The minimum atomic E-state index is -4.69. The van der Waals surface area contributed by atoms with Crippen LogP contribution in [0, 0.1) is 29.1 Å². The largest absolute Gasteiger partial charge is 0.470 e. The molecule has 11 nitrogen and oxygen atoms in total. The Labute approximate surface area is 262 Å². The number of rotatable bonds is 13. The standard InChI is InChI=1S/C31H47F3N6O5/c1-16(2)11-21(38(7)17(3)4)29(44)40-14-19-25(30(19,5)6)26(40)28(43)36-20(12-18-9-10-35-27(18)42)22(41)15-45-24-13-23(31(32,33)34)37-39(24)8/h13,16-21,25-26H,9-12,14-15H2,1-8H3,(H,35,42)(H,36,43)/t18-,19-,20+,21-,25-,26-/m0/s1. The van der Waals surface area contributed by atoms with E-state index in [1.807, 2.05) is 25.8 Å². The summed E-state index contributed by atoms with van der Waals surface area (Å²) >= 11 is 0. The fourth-order valence-corrected chi connectivity index (χ4v) is 6.90. The van der Waals surface area contributed by atoms with Gasteiger partial charge in [-0.2, -0.15) is 18.3 Å². The molecule has 3 aliphatic rings. The minimum Gasteiger partial charge on any atom is -0.470 e. The monoisotopic (exact) mass is 640 g/mol. The first kappa shape index (κ1) is 34.7. The Morgan fingerprint density at radius 1 is 1.22 bits per heavy atom. The summed E-state index contributed by atoms with van der Waals surface area (Å²) in [4.78, 5) is 57.8. The molecule has 0 aromatic carbocycles. The molecule has 1 aromatic rings. The molecule has 2 saturated heterocycles. The van der Waals surface area contributed by atoms with Crippen LogP contribution in [-0.2, 0) is 32.4 Å². The lowest BCUT2D eigenvalue weighted by Crippen LogP contribution is -2.58. The molecule has 3 amide bonds. The number of hydrogen-bond donors (Lipinski definition) is 2. The zero-order valence-corrected chi connectivity index (χ0v) is 27.4. The highest BCUT2D eigenvalue weighted by atomic mass is 19.4. The Hall–Kier alpha value is -3.16. The molecule has 3 fully saturated rings. The molecule has 1 aromatic heterocycles. The van der Waals surface area contributed by atoms with Crippen molar-refractivity contribution in [2.24, 2.45) is 36.1 Å². The van der Waals surface area contributed by atoms with Crippen LogP contribution in [0.1, 0.15) is 66.5 Å². The number of fused-ring (bicyclic) bond motifs is 1. The van der Waals surface area contributed by atoms with Crippen molar-refractivity contribution < 1.29 is 37.1 Å². The van der Waals surface area contributed by atoms with Crippen molar-refractivity contribution >= 4 is 23.5 Å². The highest BCUT2D eigenvalue weighted by molar-refractivity contribution is 5.95. The molecule has 45 heavy (non-hydrogen) atoms. The molecule has 0 radical (unpaired) electrons. The Morgan fingerprint density at radius 2 is 1.89 bits per heavy atom. The van der Waals surface area contributed by atoms with Gasteiger partial charge in [0.05, 0.1) is 12.1 Å². The van der Waals surface area contributed by atoms with E-state index in [0.717, 1.165) is 4.68 Å². The van der Waals surface area contributed by atoms with E-state index in [9.17, 15) is 32.3 Å². The Morgan fingerprint density at radius 3 is 2.42 bits per heavy atom. The topological polar surface area (TPSA) is 126 Å². The summed E-state index contributed by atoms with van der Waals surface area (Å²) < 4.78 is 45.7. The number of piperidine rings is 1. The van der Waals surface area contributed by atoms with E-state index >= 15 is 0 Å². The van der Waals surface area contributed by atoms with Crippen LogP contribution in [0.4, 0.5) is 13.2 Å². The number of hydrogen-bond acceptors (Lipinski definition) is 7. The van der Waals surface area contributed by atoms with Gasteiger partial charge in [-0.3, -0.25) is 24.1 Å². The van der Waals surface area contributed by atoms with Crippen LogP contribution in [0.3, 0.4) is 0 Å². The van der Waals surface area contributed by atoms with Gasteiger partial charge in [0.1, 0.15) is 6.04 Å². The van der Waals surface area contributed by atoms with Crippen molar-refractivity contribution in [2.75, 3.05) is 26.7 Å². The SMILES string of the molecule is CC(C)C[C@@H](C(=O)N1C[C@H]2[C@@H]([C@H]1C(=O)N[C@H](C[C@@H]1CCNC1=O)C(=O)COc1cc(C(F)(F)F)nn1C)C2(C)C)N(C)C(C)C. The predicted molar refractivity (Wildman–Crippen MR) is 159 cm³/mol. The maximum absolute atomic E-state index is 14.1. The van der Waals surface area contributed by atoms with Gasteiger partial charge in [-0.05, 0) is 63.3 Å². The average molecular weight is 641 g/mol. The fourth-order valence-electron chi connectivity index (χ4n) is 6.90. The second-order valence-corrected chi connectivity index (χ2v) is 14.1. The summed E-state index contributed by atoms with van der Waals surface area (Å²) in [5.41, 5.74) is -1.33. The normalized spacial score (nSPS) is 25.4. The van der Waals surface area contributed by atoms with Crippen LogP contribution in [0.2, 0.25) is 0 Å². The number of alkyl halides is 3. The van der Waals surface area contributed by atoms with Gasteiger partial charge in [-0.1, -0.05) is 27.7 Å². The smallest absolute Gasteiger partial charge is 0.435 e. The summed E-state index contributed by atoms with van der Waals surface area (Å²) in [5.74, 6) is -1.96. The number of halogens is 3. The molecule has 0 unspecified atom stereocenters. The Balaban J connectivity index is 1.55. The lowest BCUT2D eigenvalue weighted by atomic mass is 9.94. The van der Waals surface area contributed by atoms with Gasteiger partial charge in [0, 0.05) is 38.2 Å². The van der Waals surface area contributed by atoms with Gasteiger partial charge in [0.25, 0.3) is 0 Å². The van der Waals surface area contributed by atoms with Gasteiger partial charge in [-0.25, -0.2) is 4.68 Å². The van der Waals surface area contributed by atoms with E-state index in [4.69, 9.17) is 4.74 Å². The molecular formula is C31H47F3N6O5. The molecule has 2 aliphatic heterocycles. The molecule has 0 bridgehead atoms. The summed E-state index contributed by atoms with van der Waals surface area (Å²) in [7, 11) is 3.17. The van der Waals surface area contributed by atoms with E-state index in [-0.39, 0.29) is 53.3 Å². The zero-order valence-electron chi connectivity index (χ0n) is 27.4. The van der Waals surface area contributed by atoms with E-state index in [1.165, 1.54) is 7.05 Å². The number of nitrogens with one attached hydrogen (secondary N) is 2. The summed E-state index contributed by atoms with van der Waals surface area (Å²) in [6.07, 6.45) is -3.59. The number of likely N-dealkylation sites (tertiary alicyclic amines) is 1. The van der Waals surface area contributed by atoms with Crippen molar-refractivity contribution in [1.82, 2.24) is 30.2 Å². The maximum Gasteiger partial charge on any atom is 0.435 e. The third-order valence-electron chi connectivity index (χ3n) is 9.92. The van der Waals surface area contributed by atoms with Crippen LogP contribution >= 0.6 is 0 Å². The summed E-state index contributed by atoms with van der Waals surface area (Å²) in [5, 5.41) is 8.96. The van der Waals surface area contributed by atoms with Gasteiger partial charge >= 0.3 is 6.18 Å². The molecule has 4 rings (SSSR count). The van der Waals surface area contributed by atoms with Crippen LogP contribution in [0.25, 0.3) is 0 Å². The first-order chi connectivity index (χ1) is 20.8. The number of ether oxygens (including phenoxy) is 1. The third kappa shape index (κ3) is 7.30. The van der Waals surface area contributed by atoms with Crippen LogP contribution < -0.4 is 15.4 Å². The number of likely N-dealkylation sites (N-methyl/N-ethyl adjacent to an activating group) is 1. The van der Waals surface area contributed by atoms with Gasteiger partial charge in [0.15, 0.2) is 18.1 Å². The first-order valence-corrected chi connectivity index (χ1v) is 15.7. The first-order valence-electron chi connectivity index (χ1n) is 15.7. The molecule has 1 aliphatic carbocycles. The van der Waals surface area contributed by atoms with Crippen LogP contribution in [0.5, 0.6) is 5.88 Å². The van der Waals surface area contributed by atoms with Gasteiger partial charge in [0.2, 0.25) is 23.6 Å². The minimum absolute atomic E-state index is 0.00315. The zero-order chi connectivity index (χ0) is 33.6. The van der Waals surface area contributed by atoms with Crippen molar-refractivity contribution in [3.05, 3.63) is 11.8 Å². The number of ketones is 1. The third-order valence-corrected chi connectivity index (χ3v) is 9.92. The number of aromatic nitrogens is 2. The van der Waals surface area contributed by atoms with Crippen molar-refractivity contribution in [1.29, 1.82) is 0 Å². The summed E-state index contributed by atoms with van der Waals surface area (Å²) in [6.45, 7) is 12.5. The number of carbonyl (C=O) groups excluding carboxylic acids is 4. The van der Waals surface area contributed by atoms with Crippen LogP contribution in [-0.4, -0.2) is 94.0 Å². The van der Waals surface area contributed by atoms with Gasteiger partial charge < -0.3 is 20.3 Å². The second-order valence-electron chi connectivity index (χ2n) is 14.1. The fraction of sp³-hybridized carbons (Fsp3) is 0.774. The van der Waals surface area contributed by atoms with Crippen molar-refractivity contribution in [2.45, 2.75) is 91.1 Å². The highest BCUT2D eigenvalue weighted by Crippen LogP contribution is 2.65. The molecule has 1 saturated carbocycles. The van der Waals surface area contributed by atoms with Crippen LogP contribution in [0.15, 0.2) is 6.07 Å². The summed E-state index contributed by atoms with van der Waals surface area (Å²) in [6, 6.07) is -1.57. The van der Waals surface area contributed by atoms with E-state index in [2.05, 4.69) is 43.4 Å². The molecule has 252 valence electrons. The molecule has 3 heterocycles. The molecule has 6 atom stereocenters. The predicted octanol–water partition coefficient (Wildman–Crippen LogP) is 2.64. The second kappa shape index (κ2) is 12.9. The molecule has 0 spiro atoms. The number of amides is 3. The maximum atomic E-state index is 14.1. The highest BCUT2D eigenvalue weighted by Gasteiger charge is 2.69. The number of nitrogens with zero attached hydrogens (tertiary/aromatic N) is 4. The number of aryl methyl sites for hydroxylation is 1. The van der Waals surface area contributed by atoms with Gasteiger partial charge in [-0.15, -0.1) is 0 Å². The average Bonchev–Trinajstić information content (AvgIpc) is 3.43. The lowest BCUT2D eigenvalue weighted by Gasteiger charge is -2.38. The number of carbonyl (C=O) groups is 4. The Bertz CT molecular complexity index is 1290. The van der Waals surface area contributed by atoms with Crippen molar-refractivity contribution in [3.8, 4) is 5.88 Å². The van der Waals surface area contributed by atoms with E-state index in [1.54, 1.807) is 4.90 Å². The molecule has 14 heteroatoms. The quantitative estimate of drug-likeness (QED) is 0.340. The number of Topliss-reactive ketones (excluding diaryl/α,β-unsaturated/α-hetero) is 1. The Kier molecular flexibility index (Phi) is 9.96.